The van der Waals surface area contributed by atoms with Gasteiger partial charge in [-0.3, -0.25) is 9.59 Å². The van der Waals surface area contributed by atoms with E-state index in [1.807, 2.05) is 0 Å². The van der Waals surface area contributed by atoms with Gasteiger partial charge in [0, 0.05) is 11.4 Å². The molecule has 27 heavy (non-hydrogen) atoms. The molecule has 1 heterocycles. The van der Waals surface area contributed by atoms with Crippen LogP contribution in [0.25, 0.3) is 0 Å². The quantitative estimate of drug-likeness (QED) is 0.701. The Kier molecular flexibility index (Phi) is 5.55. The van der Waals surface area contributed by atoms with E-state index >= 15 is 0 Å². The molecule has 0 spiro atoms. The zero-order chi connectivity index (χ0) is 19.2. The smallest absolute Gasteiger partial charge is 0.249 e. The van der Waals surface area contributed by atoms with E-state index in [0.717, 1.165) is 5.56 Å². The van der Waals surface area contributed by atoms with Crippen molar-refractivity contribution in [2.24, 2.45) is 0 Å². The summed E-state index contributed by atoms with van der Waals surface area (Å²) in [6, 6.07) is 12.1. The Labute approximate surface area is 155 Å². The van der Waals surface area contributed by atoms with E-state index in [4.69, 9.17) is 0 Å². The summed E-state index contributed by atoms with van der Waals surface area (Å²) < 4.78 is 14.3. The van der Waals surface area contributed by atoms with Crippen molar-refractivity contribution in [2.45, 2.75) is 19.4 Å². The zero-order valence-corrected chi connectivity index (χ0v) is 14.6. The van der Waals surface area contributed by atoms with E-state index < -0.39 is 6.04 Å². The average Bonchev–Trinajstić information content (AvgIpc) is 3.19. The second kappa shape index (κ2) is 8.22. The predicted molar refractivity (Wildman–Crippen MR) is 98.5 cm³/mol. The molecule has 2 amide bonds. The van der Waals surface area contributed by atoms with Gasteiger partial charge < -0.3 is 10.6 Å². The van der Waals surface area contributed by atoms with E-state index in [1.165, 1.54) is 29.5 Å². The summed E-state index contributed by atoms with van der Waals surface area (Å²) in [6.45, 7) is 1.72. The number of hydrogen-bond donors (Lipinski definition) is 2. The maximum atomic E-state index is 12.9. The molecule has 0 saturated carbocycles. The molecule has 7 nitrogen and oxygen atoms in total. The van der Waals surface area contributed by atoms with Gasteiger partial charge in [0.05, 0.1) is 6.42 Å². The third-order valence-electron chi connectivity index (χ3n) is 3.93. The van der Waals surface area contributed by atoms with E-state index in [2.05, 4.69) is 20.7 Å². The molecule has 3 rings (SSSR count). The van der Waals surface area contributed by atoms with Crippen LogP contribution in [0.1, 0.15) is 18.5 Å². The van der Waals surface area contributed by atoms with Crippen LogP contribution in [0.3, 0.4) is 0 Å². The van der Waals surface area contributed by atoms with Crippen LogP contribution in [0.2, 0.25) is 0 Å². The van der Waals surface area contributed by atoms with Crippen LogP contribution in [0.5, 0.6) is 0 Å². The SMILES string of the molecule is C[C@@H](C(=O)Nc1ccc(NC(=O)Cc2ccc(F)cc2)cc1)n1cncn1. The van der Waals surface area contributed by atoms with Gasteiger partial charge >= 0.3 is 0 Å². The van der Waals surface area contributed by atoms with Gasteiger partial charge in [-0.25, -0.2) is 14.1 Å². The second-order valence-electron chi connectivity index (χ2n) is 5.97. The third-order valence-corrected chi connectivity index (χ3v) is 3.93. The molecule has 138 valence electrons. The second-order valence-corrected chi connectivity index (χ2v) is 5.97. The number of halogens is 1. The van der Waals surface area contributed by atoms with Gasteiger partial charge in [-0.2, -0.15) is 5.10 Å². The van der Waals surface area contributed by atoms with Gasteiger partial charge in [0.25, 0.3) is 0 Å². The molecule has 1 atom stereocenters. The first-order valence-electron chi connectivity index (χ1n) is 8.30. The lowest BCUT2D eigenvalue weighted by molar-refractivity contribution is -0.119. The first kappa shape index (κ1) is 18.2. The highest BCUT2D eigenvalue weighted by Gasteiger charge is 2.15. The van der Waals surface area contributed by atoms with Crippen molar-refractivity contribution in [1.29, 1.82) is 0 Å². The van der Waals surface area contributed by atoms with Gasteiger partial charge in [-0.05, 0) is 48.9 Å². The number of anilines is 2. The molecular formula is C19H18FN5O2. The fraction of sp³-hybridized carbons (Fsp3) is 0.158. The fourth-order valence-electron chi connectivity index (χ4n) is 2.41. The fourth-order valence-corrected chi connectivity index (χ4v) is 2.41. The molecule has 0 bridgehead atoms. The molecule has 0 unspecified atom stereocenters. The number of hydrogen-bond acceptors (Lipinski definition) is 4. The van der Waals surface area contributed by atoms with Crippen LogP contribution in [0, 0.1) is 5.82 Å². The predicted octanol–water partition coefficient (Wildman–Crippen LogP) is 2.80. The average molecular weight is 367 g/mol. The van der Waals surface area contributed by atoms with Crippen molar-refractivity contribution in [2.75, 3.05) is 10.6 Å². The Morgan fingerprint density at radius 2 is 1.67 bits per heavy atom. The number of amides is 2. The summed E-state index contributed by atoms with van der Waals surface area (Å²) in [5, 5.41) is 9.48. The van der Waals surface area contributed by atoms with Crippen molar-refractivity contribution in [3.63, 3.8) is 0 Å². The number of carbonyl (C=O) groups excluding carboxylic acids is 2. The molecule has 1 aromatic heterocycles. The van der Waals surface area contributed by atoms with Crippen LogP contribution in [0.15, 0.2) is 61.2 Å². The van der Waals surface area contributed by atoms with Crippen LogP contribution in [-0.2, 0) is 16.0 Å². The summed E-state index contributed by atoms with van der Waals surface area (Å²) in [7, 11) is 0. The van der Waals surface area contributed by atoms with Crippen molar-refractivity contribution in [3.05, 3.63) is 72.6 Å². The zero-order valence-electron chi connectivity index (χ0n) is 14.6. The summed E-state index contributed by atoms with van der Waals surface area (Å²) in [5.41, 5.74) is 1.92. The molecule has 0 aliphatic heterocycles. The number of aromatic nitrogens is 3. The summed E-state index contributed by atoms with van der Waals surface area (Å²) in [4.78, 5) is 28.1. The van der Waals surface area contributed by atoms with E-state index in [-0.39, 0.29) is 24.1 Å². The molecule has 0 radical (unpaired) electrons. The number of carbonyl (C=O) groups is 2. The number of nitrogens with zero attached hydrogens (tertiary/aromatic N) is 3. The highest BCUT2D eigenvalue weighted by molar-refractivity contribution is 5.95. The Morgan fingerprint density at radius 3 is 2.26 bits per heavy atom. The highest BCUT2D eigenvalue weighted by atomic mass is 19.1. The molecule has 2 aromatic carbocycles. The minimum Gasteiger partial charge on any atom is -0.326 e. The van der Waals surface area contributed by atoms with Crippen LogP contribution >= 0.6 is 0 Å². The van der Waals surface area contributed by atoms with Crippen molar-refractivity contribution >= 4 is 23.2 Å². The molecule has 0 aliphatic rings. The maximum Gasteiger partial charge on any atom is 0.249 e. The molecule has 3 aromatic rings. The lowest BCUT2D eigenvalue weighted by Gasteiger charge is -2.12. The van der Waals surface area contributed by atoms with Crippen molar-refractivity contribution in [3.8, 4) is 0 Å². The number of rotatable bonds is 6. The third kappa shape index (κ3) is 4.97. The minimum absolute atomic E-state index is 0.147. The largest absolute Gasteiger partial charge is 0.326 e. The lowest BCUT2D eigenvalue weighted by atomic mass is 10.1. The molecule has 2 N–H and O–H groups in total. The van der Waals surface area contributed by atoms with E-state index in [9.17, 15) is 14.0 Å². The summed E-state index contributed by atoms with van der Waals surface area (Å²) in [6.07, 6.45) is 2.99. The Bertz CT molecular complexity index is 908. The van der Waals surface area contributed by atoms with Gasteiger partial charge in [-0.15, -0.1) is 0 Å². The van der Waals surface area contributed by atoms with Gasteiger partial charge in [0.2, 0.25) is 11.8 Å². The number of nitrogens with one attached hydrogen (secondary N) is 2. The maximum absolute atomic E-state index is 12.9. The van der Waals surface area contributed by atoms with Gasteiger partial charge in [0.15, 0.2) is 0 Å². The van der Waals surface area contributed by atoms with Crippen molar-refractivity contribution in [1.82, 2.24) is 14.8 Å². The minimum atomic E-state index is -0.498. The Hall–Kier alpha value is -3.55. The lowest BCUT2D eigenvalue weighted by Crippen LogP contribution is -2.24. The molecule has 0 aliphatic carbocycles. The first-order chi connectivity index (χ1) is 13.0. The first-order valence-corrected chi connectivity index (χ1v) is 8.30. The normalized spacial score (nSPS) is 11.6. The number of benzene rings is 2. The summed E-state index contributed by atoms with van der Waals surface area (Å²) in [5.74, 6) is -0.776. The Balaban J connectivity index is 1.54. The van der Waals surface area contributed by atoms with Crippen LogP contribution in [0.4, 0.5) is 15.8 Å². The molecule has 8 heteroatoms. The topological polar surface area (TPSA) is 88.9 Å². The van der Waals surface area contributed by atoms with Crippen LogP contribution in [-0.4, -0.2) is 26.6 Å². The standard InChI is InChI=1S/C19H18FN5O2/c1-13(25-12-21-11-22-25)19(27)24-17-8-6-16(7-9-17)23-18(26)10-14-2-4-15(20)5-3-14/h2-9,11-13H,10H2,1H3,(H,23,26)(H,24,27)/t13-/m0/s1. The molecule has 0 fully saturated rings. The Morgan fingerprint density at radius 1 is 1.04 bits per heavy atom. The monoisotopic (exact) mass is 367 g/mol. The van der Waals surface area contributed by atoms with E-state index in [0.29, 0.717) is 11.4 Å². The van der Waals surface area contributed by atoms with Crippen LogP contribution < -0.4 is 10.6 Å². The van der Waals surface area contributed by atoms with Gasteiger partial charge in [0.1, 0.15) is 24.5 Å². The highest BCUT2D eigenvalue weighted by Crippen LogP contribution is 2.16. The van der Waals surface area contributed by atoms with E-state index in [1.54, 1.807) is 43.3 Å². The molecular weight excluding hydrogens is 349 g/mol. The van der Waals surface area contributed by atoms with Crippen molar-refractivity contribution < 1.29 is 14.0 Å². The van der Waals surface area contributed by atoms with Gasteiger partial charge in [-0.1, -0.05) is 12.1 Å². The summed E-state index contributed by atoms with van der Waals surface area (Å²) >= 11 is 0. The molecule has 0 saturated heterocycles.